The Morgan fingerprint density at radius 1 is 1.77 bits per heavy atom. The zero-order valence-corrected chi connectivity index (χ0v) is 8.75. The molecular formula is C9H14ClN3. The number of allylic oxidation sites excluding steroid dienone is 1. The number of rotatable bonds is 4. The van der Waals surface area contributed by atoms with E-state index >= 15 is 0 Å². The summed E-state index contributed by atoms with van der Waals surface area (Å²) >= 11 is 5.84. The van der Waals surface area contributed by atoms with Crippen molar-refractivity contribution >= 4 is 11.6 Å². The lowest BCUT2D eigenvalue weighted by molar-refractivity contribution is 0.479. The Morgan fingerprint density at radius 3 is 2.85 bits per heavy atom. The maximum Gasteiger partial charge on any atom is 0.0836 e. The summed E-state index contributed by atoms with van der Waals surface area (Å²) in [7, 11) is 1.85. The minimum atomic E-state index is -0.0857. The fourth-order valence-electron chi connectivity index (χ4n) is 1.06. The van der Waals surface area contributed by atoms with Crippen LogP contribution in [0.4, 0.5) is 0 Å². The molecule has 1 atom stereocenters. The summed E-state index contributed by atoms with van der Waals surface area (Å²) in [6, 6.07) is 0. The van der Waals surface area contributed by atoms with E-state index in [4.69, 9.17) is 11.6 Å². The second kappa shape index (κ2) is 3.92. The van der Waals surface area contributed by atoms with Crippen LogP contribution in [0, 0.1) is 5.41 Å². The molecule has 0 aliphatic carbocycles. The largest absolute Gasteiger partial charge is 0.255 e. The van der Waals surface area contributed by atoms with Crippen molar-refractivity contribution in [2.75, 3.05) is 5.88 Å². The SMILES string of the molecule is C=CC(C)(CCl)Cc1cn(C)nn1. The number of alkyl halides is 1. The quantitative estimate of drug-likeness (QED) is 0.547. The first-order valence-corrected chi connectivity index (χ1v) is 4.68. The highest BCUT2D eigenvalue weighted by atomic mass is 35.5. The van der Waals surface area contributed by atoms with Crippen LogP contribution in [0.1, 0.15) is 12.6 Å². The number of nitrogens with zero attached hydrogens (tertiary/aromatic N) is 3. The van der Waals surface area contributed by atoms with Crippen LogP contribution in [0.5, 0.6) is 0 Å². The third kappa shape index (κ3) is 2.56. The summed E-state index contributed by atoms with van der Waals surface area (Å²) in [5, 5.41) is 7.86. The molecule has 1 aromatic heterocycles. The Bertz CT molecular complexity index is 295. The van der Waals surface area contributed by atoms with Gasteiger partial charge in [0, 0.05) is 31.0 Å². The predicted octanol–water partition coefficient (Wildman–Crippen LogP) is 1.79. The van der Waals surface area contributed by atoms with Crippen molar-refractivity contribution in [2.24, 2.45) is 12.5 Å². The number of halogens is 1. The van der Waals surface area contributed by atoms with Gasteiger partial charge >= 0.3 is 0 Å². The van der Waals surface area contributed by atoms with Crippen LogP contribution >= 0.6 is 11.6 Å². The van der Waals surface area contributed by atoms with Gasteiger partial charge in [-0.05, 0) is 0 Å². The van der Waals surface area contributed by atoms with Crippen molar-refractivity contribution in [3.8, 4) is 0 Å². The van der Waals surface area contributed by atoms with Gasteiger partial charge in [0.15, 0.2) is 0 Å². The zero-order chi connectivity index (χ0) is 9.90. The highest BCUT2D eigenvalue weighted by Gasteiger charge is 2.20. The minimum Gasteiger partial charge on any atom is -0.255 e. The van der Waals surface area contributed by atoms with Gasteiger partial charge in [0.05, 0.1) is 5.69 Å². The van der Waals surface area contributed by atoms with Gasteiger partial charge in [-0.2, -0.15) is 0 Å². The third-order valence-corrected chi connectivity index (χ3v) is 2.64. The Morgan fingerprint density at radius 2 is 2.46 bits per heavy atom. The standard InChI is InChI=1S/C9H14ClN3/c1-4-9(2,7-10)5-8-6-13(3)12-11-8/h4,6H,1,5,7H2,2-3H3. The highest BCUT2D eigenvalue weighted by molar-refractivity contribution is 6.18. The maximum atomic E-state index is 5.84. The predicted molar refractivity (Wildman–Crippen MR) is 53.7 cm³/mol. The average Bonchev–Trinajstić information content (AvgIpc) is 2.51. The van der Waals surface area contributed by atoms with E-state index in [1.807, 2.05) is 19.3 Å². The molecule has 0 radical (unpaired) electrons. The van der Waals surface area contributed by atoms with Gasteiger partial charge in [-0.25, -0.2) is 0 Å². The van der Waals surface area contributed by atoms with Crippen molar-refractivity contribution in [3.05, 3.63) is 24.5 Å². The van der Waals surface area contributed by atoms with Gasteiger partial charge in [0.1, 0.15) is 0 Å². The fourth-order valence-corrected chi connectivity index (χ4v) is 1.27. The molecule has 1 rings (SSSR count). The molecule has 0 saturated heterocycles. The van der Waals surface area contributed by atoms with Gasteiger partial charge in [-0.3, -0.25) is 4.68 Å². The molecule has 1 unspecified atom stereocenters. The first kappa shape index (κ1) is 10.3. The number of hydrogen-bond acceptors (Lipinski definition) is 2. The molecule has 3 nitrogen and oxygen atoms in total. The first-order valence-electron chi connectivity index (χ1n) is 4.14. The smallest absolute Gasteiger partial charge is 0.0836 e. The van der Waals surface area contributed by atoms with Crippen LogP contribution in [0.25, 0.3) is 0 Å². The van der Waals surface area contributed by atoms with E-state index in [1.165, 1.54) is 0 Å². The van der Waals surface area contributed by atoms with Gasteiger partial charge < -0.3 is 0 Å². The Hall–Kier alpha value is -0.830. The molecule has 72 valence electrons. The molecule has 0 fully saturated rings. The second-order valence-electron chi connectivity index (χ2n) is 3.55. The fraction of sp³-hybridized carbons (Fsp3) is 0.556. The van der Waals surface area contributed by atoms with Gasteiger partial charge in [0.25, 0.3) is 0 Å². The molecule has 1 heterocycles. The molecule has 1 aromatic rings. The molecule has 13 heavy (non-hydrogen) atoms. The molecule has 0 amide bonds. The average molecular weight is 200 g/mol. The van der Waals surface area contributed by atoms with E-state index in [9.17, 15) is 0 Å². The number of aryl methyl sites for hydroxylation is 1. The van der Waals surface area contributed by atoms with Gasteiger partial charge in [0.2, 0.25) is 0 Å². The molecule has 0 aromatic carbocycles. The summed E-state index contributed by atoms with van der Waals surface area (Å²) in [6.45, 7) is 5.82. The van der Waals surface area contributed by atoms with Crippen LogP contribution in [0.15, 0.2) is 18.9 Å². The van der Waals surface area contributed by atoms with Crippen LogP contribution in [0.3, 0.4) is 0 Å². The van der Waals surface area contributed by atoms with Crippen molar-refractivity contribution < 1.29 is 0 Å². The highest BCUT2D eigenvalue weighted by Crippen LogP contribution is 2.24. The van der Waals surface area contributed by atoms with E-state index in [-0.39, 0.29) is 5.41 Å². The Kier molecular flexibility index (Phi) is 3.09. The van der Waals surface area contributed by atoms with E-state index in [1.54, 1.807) is 4.68 Å². The van der Waals surface area contributed by atoms with Gasteiger partial charge in [-0.15, -0.1) is 23.3 Å². The minimum absolute atomic E-state index is 0.0857. The van der Waals surface area contributed by atoms with E-state index in [0.717, 1.165) is 12.1 Å². The van der Waals surface area contributed by atoms with E-state index < -0.39 is 0 Å². The number of hydrogen-bond donors (Lipinski definition) is 0. The summed E-state index contributed by atoms with van der Waals surface area (Å²) in [5.74, 6) is 0.549. The van der Waals surface area contributed by atoms with Crippen molar-refractivity contribution in [1.82, 2.24) is 15.0 Å². The van der Waals surface area contributed by atoms with E-state index in [0.29, 0.717) is 5.88 Å². The molecular weight excluding hydrogens is 186 g/mol. The molecule has 0 aliphatic rings. The van der Waals surface area contributed by atoms with E-state index in [2.05, 4.69) is 23.8 Å². The topological polar surface area (TPSA) is 30.7 Å². The summed E-state index contributed by atoms with van der Waals surface area (Å²) in [6.07, 6.45) is 4.55. The first-order chi connectivity index (χ1) is 6.09. The summed E-state index contributed by atoms with van der Waals surface area (Å²) in [4.78, 5) is 0. The lowest BCUT2D eigenvalue weighted by Crippen LogP contribution is -2.18. The summed E-state index contributed by atoms with van der Waals surface area (Å²) in [5.41, 5.74) is 0.864. The number of aromatic nitrogens is 3. The van der Waals surface area contributed by atoms with Crippen molar-refractivity contribution in [2.45, 2.75) is 13.3 Å². The normalized spacial score (nSPS) is 15.3. The monoisotopic (exact) mass is 199 g/mol. The molecule has 0 N–H and O–H groups in total. The van der Waals surface area contributed by atoms with Crippen molar-refractivity contribution in [3.63, 3.8) is 0 Å². The van der Waals surface area contributed by atoms with Gasteiger partial charge in [-0.1, -0.05) is 18.2 Å². The van der Waals surface area contributed by atoms with Crippen LogP contribution in [0.2, 0.25) is 0 Å². The third-order valence-electron chi connectivity index (χ3n) is 2.03. The molecule has 0 spiro atoms. The zero-order valence-electron chi connectivity index (χ0n) is 8.00. The van der Waals surface area contributed by atoms with Crippen LogP contribution < -0.4 is 0 Å². The van der Waals surface area contributed by atoms with Crippen LogP contribution in [-0.2, 0) is 13.5 Å². The molecule has 0 saturated carbocycles. The lowest BCUT2D eigenvalue weighted by atomic mass is 9.88. The second-order valence-corrected chi connectivity index (χ2v) is 3.82. The molecule has 0 aliphatic heterocycles. The molecule has 0 bridgehead atoms. The van der Waals surface area contributed by atoms with Crippen molar-refractivity contribution in [1.29, 1.82) is 0 Å². The summed E-state index contributed by atoms with van der Waals surface area (Å²) < 4.78 is 1.69. The Labute approximate surface area is 83.4 Å². The maximum absolute atomic E-state index is 5.84. The Balaban J connectivity index is 2.72. The lowest BCUT2D eigenvalue weighted by Gasteiger charge is -2.20. The van der Waals surface area contributed by atoms with Crippen LogP contribution in [-0.4, -0.2) is 20.9 Å². The molecule has 4 heteroatoms.